The minimum atomic E-state index is -0.0681. The van der Waals surface area contributed by atoms with Crippen LogP contribution in [0.3, 0.4) is 0 Å². The number of hydrogen-bond donors (Lipinski definition) is 0. The third-order valence-electron chi connectivity index (χ3n) is 4.66. The van der Waals surface area contributed by atoms with Gasteiger partial charge in [-0.2, -0.15) is 0 Å². The van der Waals surface area contributed by atoms with Gasteiger partial charge in [0, 0.05) is 37.1 Å². The van der Waals surface area contributed by atoms with Crippen LogP contribution in [-0.2, 0) is 6.54 Å². The first-order chi connectivity index (χ1) is 12.1. The van der Waals surface area contributed by atoms with Crippen LogP contribution in [0.15, 0.2) is 53.6 Å². The minimum absolute atomic E-state index is 0.0681. The second-order valence-corrected chi connectivity index (χ2v) is 6.66. The van der Waals surface area contributed by atoms with E-state index < -0.39 is 0 Å². The van der Waals surface area contributed by atoms with Gasteiger partial charge in [0.15, 0.2) is 0 Å². The highest BCUT2D eigenvalue weighted by Gasteiger charge is 2.36. The maximum absolute atomic E-state index is 12.7. The molecule has 0 bridgehead atoms. The number of aromatic nitrogens is 3. The number of imidazole rings is 1. The highest BCUT2D eigenvalue weighted by atomic mass is 16.3. The smallest absolute Gasteiger partial charge is 0.254 e. The summed E-state index contributed by atoms with van der Waals surface area (Å²) in [4.78, 5) is 22.7. The Balaban J connectivity index is 1.47. The molecular formula is C19H20N4O2. The van der Waals surface area contributed by atoms with Crippen LogP contribution in [0.5, 0.6) is 0 Å². The molecule has 1 amide bonds. The molecule has 0 saturated heterocycles. The molecule has 2 atom stereocenters. The summed E-state index contributed by atoms with van der Waals surface area (Å²) in [5, 5.41) is 0. The number of hydrogen-bond acceptors (Lipinski definition) is 4. The number of carbonyl (C=O) groups excluding carboxylic acids is 1. The van der Waals surface area contributed by atoms with Crippen LogP contribution in [0.4, 0.5) is 0 Å². The van der Waals surface area contributed by atoms with Crippen molar-refractivity contribution in [2.24, 2.45) is 5.92 Å². The van der Waals surface area contributed by atoms with E-state index in [0.29, 0.717) is 29.8 Å². The molecule has 0 unspecified atom stereocenters. The molecule has 3 heterocycles. The molecule has 1 saturated carbocycles. The molecule has 25 heavy (non-hydrogen) atoms. The van der Waals surface area contributed by atoms with Gasteiger partial charge >= 0.3 is 0 Å². The number of nitrogens with zero attached hydrogens (tertiary/aromatic N) is 4. The van der Waals surface area contributed by atoms with Crippen molar-refractivity contribution in [2.45, 2.75) is 25.8 Å². The van der Waals surface area contributed by atoms with Crippen molar-refractivity contribution in [3.8, 4) is 5.82 Å². The molecule has 6 nitrogen and oxygen atoms in total. The standard InChI is InChI=1S/C19H20N4O2/c1-13-9-16(13)17-4-3-15(25-17)11-22(2)19(24)14-5-6-21-18(10-14)23-8-7-20-12-23/h3-8,10,12-13,16H,9,11H2,1-2H3/t13-,16+/m0/s1. The van der Waals surface area contributed by atoms with Crippen molar-refractivity contribution in [1.82, 2.24) is 19.4 Å². The summed E-state index contributed by atoms with van der Waals surface area (Å²) in [5.74, 6) is 3.70. The predicted octanol–water partition coefficient (Wildman–Crippen LogP) is 3.26. The Hall–Kier alpha value is -2.89. The number of pyridine rings is 1. The van der Waals surface area contributed by atoms with E-state index in [9.17, 15) is 4.79 Å². The Kier molecular flexibility index (Phi) is 3.87. The summed E-state index contributed by atoms with van der Waals surface area (Å²) >= 11 is 0. The van der Waals surface area contributed by atoms with Gasteiger partial charge in [0.1, 0.15) is 23.7 Å². The quantitative estimate of drug-likeness (QED) is 0.717. The molecule has 1 aliphatic carbocycles. The monoisotopic (exact) mass is 336 g/mol. The summed E-state index contributed by atoms with van der Waals surface area (Å²) in [7, 11) is 1.78. The number of amides is 1. The number of furan rings is 1. The van der Waals surface area contributed by atoms with Crippen molar-refractivity contribution in [3.05, 3.63) is 66.3 Å². The molecule has 0 radical (unpaired) electrons. The number of carbonyl (C=O) groups is 1. The van der Waals surface area contributed by atoms with Crippen LogP contribution in [0, 0.1) is 5.92 Å². The molecule has 0 aliphatic heterocycles. The highest BCUT2D eigenvalue weighted by molar-refractivity contribution is 5.94. The fraction of sp³-hybridized carbons (Fsp3) is 0.316. The van der Waals surface area contributed by atoms with Gasteiger partial charge in [0.25, 0.3) is 5.91 Å². The molecule has 3 aromatic heterocycles. The van der Waals surface area contributed by atoms with E-state index in [4.69, 9.17) is 4.42 Å². The van der Waals surface area contributed by atoms with Gasteiger partial charge in [-0.15, -0.1) is 0 Å². The van der Waals surface area contributed by atoms with Crippen molar-refractivity contribution in [1.29, 1.82) is 0 Å². The molecule has 4 rings (SSSR count). The molecule has 0 aromatic carbocycles. The van der Waals surface area contributed by atoms with Crippen molar-refractivity contribution in [2.75, 3.05) is 7.05 Å². The molecular weight excluding hydrogens is 316 g/mol. The first-order valence-electron chi connectivity index (χ1n) is 8.40. The first kappa shape index (κ1) is 15.6. The Labute approximate surface area is 146 Å². The molecule has 128 valence electrons. The summed E-state index contributed by atoms with van der Waals surface area (Å²) in [6.07, 6.45) is 7.95. The second kappa shape index (κ2) is 6.20. The third kappa shape index (κ3) is 3.20. The minimum Gasteiger partial charge on any atom is -0.464 e. The third-order valence-corrected chi connectivity index (χ3v) is 4.66. The van der Waals surface area contributed by atoms with Gasteiger partial charge in [-0.25, -0.2) is 9.97 Å². The van der Waals surface area contributed by atoms with Gasteiger partial charge in [-0.3, -0.25) is 9.36 Å². The van der Waals surface area contributed by atoms with Crippen LogP contribution < -0.4 is 0 Å². The average molecular weight is 336 g/mol. The van der Waals surface area contributed by atoms with E-state index in [0.717, 1.165) is 11.5 Å². The van der Waals surface area contributed by atoms with E-state index in [1.165, 1.54) is 6.42 Å². The summed E-state index contributed by atoms with van der Waals surface area (Å²) < 4.78 is 7.67. The van der Waals surface area contributed by atoms with E-state index in [-0.39, 0.29) is 5.91 Å². The van der Waals surface area contributed by atoms with E-state index in [2.05, 4.69) is 16.9 Å². The van der Waals surface area contributed by atoms with E-state index in [1.54, 1.807) is 53.6 Å². The number of rotatable bonds is 5. The Bertz CT molecular complexity index is 884. The summed E-state index contributed by atoms with van der Waals surface area (Å²) in [6, 6.07) is 7.48. The lowest BCUT2D eigenvalue weighted by molar-refractivity contribution is 0.0774. The largest absolute Gasteiger partial charge is 0.464 e. The zero-order chi connectivity index (χ0) is 17.4. The maximum Gasteiger partial charge on any atom is 0.254 e. The van der Waals surface area contributed by atoms with Gasteiger partial charge < -0.3 is 9.32 Å². The van der Waals surface area contributed by atoms with Crippen LogP contribution in [0.25, 0.3) is 5.82 Å². The lowest BCUT2D eigenvalue weighted by atomic mass is 10.2. The van der Waals surface area contributed by atoms with E-state index >= 15 is 0 Å². The van der Waals surface area contributed by atoms with Gasteiger partial charge in [0.05, 0.1) is 6.54 Å². The predicted molar refractivity (Wildman–Crippen MR) is 92.4 cm³/mol. The molecule has 3 aromatic rings. The second-order valence-electron chi connectivity index (χ2n) is 6.66. The van der Waals surface area contributed by atoms with Crippen LogP contribution in [0.1, 0.15) is 41.1 Å². The van der Waals surface area contributed by atoms with Crippen molar-refractivity contribution >= 4 is 5.91 Å². The molecule has 1 aliphatic rings. The zero-order valence-corrected chi connectivity index (χ0v) is 14.3. The normalized spacial score (nSPS) is 19.0. The molecule has 6 heteroatoms. The van der Waals surface area contributed by atoms with Crippen LogP contribution in [0.2, 0.25) is 0 Å². The fourth-order valence-electron chi connectivity index (χ4n) is 3.01. The lowest BCUT2D eigenvalue weighted by Crippen LogP contribution is -2.26. The summed E-state index contributed by atoms with van der Waals surface area (Å²) in [5.41, 5.74) is 0.587. The lowest BCUT2D eigenvalue weighted by Gasteiger charge is -2.16. The van der Waals surface area contributed by atoms with Gasteiger partial charge in [0.2, 0.25) is 0 Å². The SMILES string of the molecule is C[C@H]1C[C@H]1c1ccc(CN(C)C(=O)c2ccnc(-n3ccnc3)c2)o1. The Morgan fingerprint density at radius 1 is 1.36 bits per heavy atom. The molecule has 1 fully saturated rings. The topological polar surface area (TPSA) is 64.2 Å². The Morgan fingerprint density at radius 2 is 2.20 bits per heavy atom. The van der Waals surface area contributed by atoms with E-state index in [1.807, 2.05) is 12.1 Å². The molecule has 0 spiro atoms. The van der Waals surface area contributed by atoms with Crippen molar-refractivity contribution < 1.29 is 9.21 Å². The fourth-order valence-corrected chi connectivity index (χ4v) is 3.01. The highest BCUT2D eigenvalue weighted by Crippen LogP contribution is 2.47. The van der Waals surface area contributed by atoms with Crippen LogP contribution >= 0.6 is 0 Å². The molecule has 0 N–H and O–H groups in total. The van der Waals surface area contributed by atoms with Crippen LogP contribution in [-0.4, -0.2) is 32.4 Å². The maximum atomic E-state index is 12.7. The Morgan fingerprint density at radius 3 is 2.92 bits per heavy atom. The van der Waals surface area contributed by atoms with Crippen molar-refractivity contribution in [3.63, 3.8) is 0 Å². The van der Waals surface area contributed by atoms with Gasteiger partial charge in [-0.1, -0.05) is 6.92 Å². The van der Waals surface area contributed by atoms with Gasteiger partial charge in [-0.05, 0) is 36.6 Å². The zero-order valence-electron chi connectivity index (χ0n) is 14.3. The summed E-state index contributed by atoms with van der Waals surface area (Å²) in [6.45, 7) is 2.67. The first-order valence-corrected chi connectivity index (χ1v) is 8.40. The average Bonchev–Trinajstić information content (AvgIpc) is 3.05.